The summed E-state index contributed by atoms with van der Waals surface area (Å²) in [5.74, 6) is 1.13. The molecule has 0 spiro atoms. The molecular formula is C10H23NOS. The zero-order valence-electron chi connectivity index (χ0n) is 9.05. The van der Waals surface area contributed by atoms with Crippen LogP contribution in [0.3, 0.4) is 0 Å². The molecule has 2 atom stereocenters. The summed E-state index contributed by atoms with van der Waals surface area (Å²) in [7, 11) is 0. The van der Waals surface area contributed by atoms with Gasteiger partial charge >= 0.3 is 0 Å². The fourth-order valence-corrected chi connectivity index (χ4v) is 1.74. The smallest absolute Gasteiger partial charge is 0.0606 e. The van der Waals surface area contributed by atoms with Crippen LogP contribution in [-0.2, 0) is 0 Å². The number of thioether (sulfide) groups is 1. The Morgan fingerprint density at radius 1 is 1.54 bits per heavy atom. The van der Waals surface area contributed by atoms with E-state index in [1.165, 1.54) is 0 Å². The van der Waals surface area contributed by atoms with E-state index in [9.17, 15) is 5.11 Å². The average molecular weight is 205 g/mol. The standard InChI is InChI=1S/C10H23NOS/c1-4-10(2,8-11)9(12)6-5-7-13-3/h9,12H,4-8,11H2,1-3H3. The van der Waals surface area contributed by atoms with Gasteiger partial charge in [-0.05, 0) is 31.3 Å². The first-order valence-corrected chi connectivity index (χ1v) is 6.37. The summed E-state index contributed by atoms with van der Waals surface area (Å²) in [6, 6.07) is 0. The zero-order valence-corrected chi connectivity index (χ0v) is 9.86. The Hall–Kier alpha value is 0.270. The second-order valence-corrected chi connectivity index (χ2v) is 4.85. The van der Waals surface area contributed by atoms with Crippen LogP contribution >= 0.6 is 11.8 Å². The predicted octanol–water partition coefficient (Wildman–Crippen LogP) is 1.87. The molecule has 0 radical (unpaired) electrons. The van der Waals surface area contributed by atoms with Gasteiger partial charge in [0.25, 0.3) is 0 Å². The summed E-state index contributed by atoms with van der Waals surface area (Å²) in [5.41, 5.74) is 5.57. The first-order valence-electron chi connectivity index (χ1n) is 4.97. The van der Waals surface area contributed by atoms with Crippen LogP contribution in [0.5, 0.6) is 0 Å². The second-order valence-electron chi connectivity index (χ2n) is 3.86. The van der Waals surface area contributed by atoms with Gasteiger partial charge in [0, 0.05) is 12.0 Å². The number of aliphatic hydroxyl groups is 1. The summed E-state index contributed by atoms with van der Waals surface area (Å²) in [6.07, 6.45) is 4.76. The van der Waals surface area contributed by atoms with Crippen LogP contribution in [-0.4, -0.2) is 29.8 Å². The Balaban J connectivity index is 3.84. The van der Waals surface area contributed by atoms with Crippen molar-refractivity contribution in [3.05, 3.63) is 0 Å². The van der Waals surface area contributed by atoms with E-state index in [2.05, 4.69) is 20.1 Å². The number of hydrogen-bond acceptors (Lipinski definition) is 3. The maximum absolute atomic E-state index is 9.91. The number of hydrogen-bond donors (Lipinski definition) is 2. The number of nitrogens with two attached hydrogens (primary N) is 1. The maximum Gasteiger partial charge on any atom is 0.0606 e. The van der Waals surface area contributed by atoms with E-state index in [1.54, 1.807) is 0 Å². The molecule has 13 heavy (non-hydrogen) atoms. The van der Waals surface area contributed by atoms with E-state index in [0.717, 1.165) is 25.0 Å². The van der Waals surface area contributed by atoms with Crippen LogP contribution in [0.1, 0.15) is 33.1 Å². The molecule has 0 heterocycles. The highest BCUT2D eigenvalue weighted by atomic mass is 32.2. The summed E-state index contributed by atoms with van der Waals surface area (Å²) >= 11 is 1.83. The molecule has 0 aromatic carbocycles. The van der Waals surface area contributed by atoms with Gasteiger partial charge in [-0.25, -0.2) is 0 Å². The lowest BCUT2D eigenvalue weighted by molar-refractivity contribution is 0.0333. The van der Waals surface area contributed by atoms with Gasteiger partial charge in [-0.3, -0.25) is 0 Å². The molecule has 0 aliphatic carbocycles. The van der Waals surface area contributed by atoms with Crippen LogP contribution < -0.4 is 5.73 Å². The predicted molar refractivity (Wildman–Crippen MR) is 61.1 cm³/mol. The van der Waals surface area contributed by atoms with Crippen LogP contribution in [0.25, 0.3) is 0 Å². The van der Waals surface area contributed by atoms with Gasteiger partial charge in [-0.15, -0.1) is 0 Å². The molecule has 0 aliphatic rings. The van der Waals surface area contributed by atoms with Crippen molar-refractivity contribution in [2.45, 2.75) is 39.2 Å². The van der Waals surface area contributed by atoms with Gasteiger partial charge in [0.05, 0.1) is 6.10 Å². The summed E-state index contributed by atoms with van der Waals surface area (Å²) < 4.78 is 0. The zero-order chi connectivity index (χ0) is 10.3. The van der Waals surface area contributed by atoms with E-state index < -0.39 is 0 Å². The van der Waals surface area contributed by atoms with Crippen molar-refractivity contribution in [1.29, 1.82) is 0 Å². The Bertz CT molecular complexity index is 126. The molecule has 0 amide bonds. The molecule has 0 rings (SSSR count). The van der Waals surface area contributed by atoms with Crippen LogP contribution in [0.2, 0.25) is 0 Å². The maximum atomic E-state index is 9.91. The van der Waals surface area contributed by atoms with Crippen LogP contribution in [0, 0.1) is 5.41 Å². The van der Waals surface area contributed by atoms with Gasteiger partial charge < -0.3 is 10.8 Å². The highest BCUT2D eigenvalue weighted by Gasteiger charge is 2.28. The summed E-state index contributed by atoms with van der Waals surface area (Å²) in [6.45, 7) is 4.73. The molecule has 2 nitrogen and oxygen atoms in total. The number of aliphatic hydroxyl groups excluding tert-OH is 1. The van der Waals surface area contributed by atoms with Crippen molar-refractivity contribution in [2.24, 2.45) is 11.1 Å². The third-order valence-electron chi connectivity index (χ3n) is 2.90. The molecule has 0 saturated carbocycles. The molecule has 0 aliphatic heterocycles. The molecule has 0 aromatic heterocycles. The first kappa shape index (κ1) is 13.3. The summed E-state index contributed by atoms with van der Waals surface area (Å²) in [4.78, 5) is 0. The lowest BCUT2D eigenvalue weighted by atomic mass is 9.80. The van der Waals surface area contributed by atoms with E-state index >= 15 is 0 Å². The minimum Gasteiger partial charge on any atom is -0.393 e. The quantitative estimate of drug-likeness (QED) is 0.624. The molecule has 0 saturated heterocycles. The normalized spacial score (nSPS) is 18.2. The topological polar surface area (TPSA) is 46.2 Å². The number of rotatable bonds is 7. The highest BCUT2D eigenvalue weighted by Crippen LogP contribution is 2.27. The minimum absolute atomic E-state index is 0.0849. The van der Waals surface area contributed by atoms with E-state index in [0.29, 0.717) is 6.54 Å². The third kappa shape index (κ3) is 4.34. The fraction of sp³-hybridized carbons (Fsp3) is 1.00. The molecule has 0 fully saturated rings. The van der Waals surface area contributed by atoms with Gasteiger partial charge in [0.1, 0.15) is 0 Å². The lowest BCUT2D eigenvalue weighted by Gasteiger charge is -2.32. The molecule has 2 unspecified atom stereocenters. The Labute approximate surface area is 86.3 Å². The lowest BCUT2D eigenvalue weighted by Crippen LogP contribution is -2.38. The largest absolute Gasteiger partial charge is 0.393 e. The average Bonchev–Trinajstić information content (AvgIpc) is 2.17. The molecule has 0 bridgehead atoms. The monoisotopic (exact) mass is 205 g/mol. The van der Waals surface area contributed by atoms with Crippen LogP contribution in [0.15, 0.2) is 0 Å². The SMILES string of the molecule is CCC(C)(CN)C(O)CCCSC. The van der Waals surface area contributed by atoms with Crippen molar-refractivity contribution < 1.29 is 5.11 Å². The Morgan fingerprint density at radius 2 is 2.15 bits per heavy atom. The Morgan fingerprint density at radius 3 is 2.54 bits per heavy atom. The van der Waals surface area contributed by atoms with E-state index in [1.807, 2.05) is 11.8 Å². The van der Waals surface area contributed by atoms with Crippen molar-refractivity contribution in [2.75, 3.05) is 18.6 Å². The molecule has 80 valence electrons. The van der Waals surface area contributed by atoms with Gasteiger partial charge in [-0.2, -0.15) is 11.8 Å². The van der Waals surface area contributed by atoms with Crippen molar-refractivity contribution in [3.63, 3.8) is 0 Å². The first-order chi connectivity index (χ1) is 6.10. The fourth-order valence-electron chi connectivity index (χ4n) is 1.29. The van der Waals surface area contributed by atoms with Crippen LogP contribution in [0.4, 0.5) is 0 Å². The van der Waals surface area contributed by atoms with Crippen molar-refractivity contribution in [1.82, 2.24) is 0 Å². The molecule has 3 N–H and O–H groups in total. The van der Waals surface area contributed by atoms with Crippen molar-refractivity contribution in [3.8, 4) is 0 Å². The molecular weight excluding hydrogens is 182 g/mol. The minimum atomic E-state index is -0.241. The Kier molecular flexibility index (Phi) is 6.82. The van der Waals surface area contributed by atoms with Gasteiger partial charge in [-0.1, -0.05) is 13.8 Å². The summed E-state index contributed by atoms with van der Waals surface area (Å²) in [5, 5.41) is 9.91. The highest BCUT2D eigenvalue weighted by molar-refractivity contribution is 7.98. The van der Waals surface area contributed by atoms with Gasteiger partial charge in [0.15, 0.2) is 0 Å². The van der Waals surface area contributed by atoms with Crippen molar-refractivity contribution >= 4 is 11.8 Å². The third-order valence-corrected chi connectivity index (χ3v) is 3.60. The molecule has 3 heteroatoms. The van der Waals surface area contributed by atoms with Gasteiger partial charge in [0.2, 0.25) is 0 Å². The van der Waals surface area contributed by atoms with E-state index in [-0.39, 0.29) is 11.5 Å². The van der Waals surface area contributed by atoms with E-state index in [4.69, 9.17) is 5.73 Å². The second kappa shape index (κ2) is 6.68. The molecule has 0 aromatic rings.